The first-order valence-electron chi connectivity index (χ1n) is 6.93. The zero-order valence-corrected chi connectivity index (χ0v) is 13.6. The van der Waals surface area contributed by atoms with Crippen molar-refractivity contribution >= 4 is 21.4 Å². The summed E-state index contributed by atoms with van der Waals surface area (Å²) in [5.74, 6) is 0. The molecule has 0 aliphatic heterocycles. The fourth-order valence-corrected chi connectivity index (χ4v) is 3.64. The van der Waals surface area contributed by atoms with Crippen LogP contribution in [0, 0.1) is 0 Å². The molecule has 6 heteroatoms. The molecule has 2 N–H and O–H groups in total. The Morgan fingerprint density at radius 3 is 2.52 bits per heavy atom. The van der Waals surface area contributed by atoms with Crippen molar-refractivity contribution in [3.8, 4) is 0 Å². The van der Waals surface area contributed by atoms with E-state index in [1.165, 1.54) is 4.88 Å². The number of hydrogen-bond acceptors (Lipinski definition) is 4. The Morgan fingerprint density at radius 1 is 1.14 bits per heavy atom. The van der Waals surface area contributed by atoms with Crippen LogP contribution in [0.3, 0.4) is 0 Å². The van der Waals surface area contributed by atoms with Crippen LogP contribution in [0.4, 0.5) is 0 Å². The van der Waals surface area contributed by atoms with Crippen LogP contribution >= 0.6 is 11.3 Å². The summed E-state index contributed by atoms with van der Waals surface area (Å²) < 4.78 is 27.0. The third-order valence-corrected chi connectivity index (χ3v) is 5.47. The summed E-state index contributed by atoms with van der Waals surface area (Å²) >= 11 is 1.64. The molecule has 0 aliphatic carbocycles. The summed E-state index contributed by atoms with van der Waals surface area (Å²) in [4.78, 5) is 1.49. The minimum atomic E-state index is -3.42. The van der Waals surface area contributed by atoms with Crippen LogP contribution in [0.5, 0.6) is 0 Å². The molecule has 1 aromatic heterocycles. The quantitative estimate of drug-likeness (QED) is 0.784. The molecule has 0 spiro atoms. The standard InChI is InChI=1S/C15H20N2O2S2/c1-2-16-12-13-5-7-15(8-6-13)21(18,19)17-10-9-14-4-3-11-20-14/h3-8,11,16-17H,2,9-10,12H2,1H3. The van der Waals surface area contributed by atoms with Crippen molar-refractivity contribution in [1.29, 1.82) is 0 Å². The number of benzene rings is 1. The van der Waals surface area contributed by atoms with Gasteiger partial charge in [-0.3, -0.25) is 0 Å². The van der Waals surface area contributed by atoms with Crippen molar-refractivity contribution in [2.75, 3.05) is 13.1 Å². The average Bonchev–Trinajstić information content (AvgIpc) is 2.98. The largest absolute Gasteiger partial charge is 0.313 e. The van der Waals surface area contributed by atoms with Crippen LogP contribution in [0.1, 0.15) is 17.4 Å². The SMILES string of the molecule is CCNCc1ccc(S(=O)(=O)NCCc2cccs2)cc1. The molecule has 21 heavy (non-hydrogen) atoms. The van der Waals surface area contributed by atoms with Gasteiger partial charge in [-0.1, -0.05) is 25.1 Å². The second-order valence-electron chi connectivity index (χ2n) is 4.65. The van der Waals surface area contributed by atoms with Gasteiger partial charge in [-0.15, -0.1) is 11.3 Å². The van der Waals surface area contributed by atoms with E-state index in [1.54, 1.807) is 23.5 Å². The molecule has 0 aliphatic rings. The smallest absolute Gasteiger partial charge is 0.240 e. The van der Waals surface area contributed by atoms with Crippen molar-refractivity contribution in [3.63, 3.8) is 0 Å². The number of sulfonamides is 1. The molecule has 0 amide bonds. The summed E-state index contributed by atoms with van der Waals surface area (Å²) in [6.07, 6.45) is 0.718. The number of hydrogen-bond donors (Lipinski definition) is 2. The highest BCUT2D eigenvalue weighted by Crippen LogP contribution is 2.12. The first kappa shape index (κ1) is 16.2. The van der Waals surface area contributed by atoms with E-state index in [0.29, 0.717) is 11.4 Å². The zero-order valence-electron chi connectivity index (χ0n) is 12.0. The maximum absolute atomic E-state index is 12.2. The van der Waals surface area contributed by atoms with Crippen LogP contribution in [0.25, 0.3) is 0 Å². The Bertz CT molecular complexity index is 635. The lowest BCUT2D eigenvalue weighted by Crippen LogP contribution is -2.25. The normalized spacial score (nSPS) is 11.7. The van der Waals surface area contributed by atoms with Crippen molar-refractivity contribution < 1.29 is 8.42 Å². The minimum absolute atomic E-state index is 0.314. The lowest BCUT2D eigenvalue weighted by Gasteiger charge is -2.07. The van der Waals surface area contributed by atoms with Gasteiger partial charge in [-0.05, 0) is 42.1 Å². The second kappa shape index (κ2) is 7.70. The molecule has 0 saturated carbocycles. The molecule has 0 bridgehead atoms. The van der Waals surface area contributed by atoms with Gasteiger partial charge in [0.15, 0.2) is 0 Å². The second-order valence-corrected chi connectivity index (χ2v) is 7.45. The first-order chi connectivity index (χ1) is 10.1. The van der Waals surface area contributed by atoms with Gasteiger partial charge in [0.2, 0.25) is 10.0 Å². The monoisotopic (exact) mass is 324 g/mol. The van der Waals surface area contributed by atoms with Crippen molar-refractivity contribution in [3.05, 3.63) is 52.2 Å². The molecule has 4 nitrogen and oxygen atoms in total. The lowest BCUT2D eigenvalue weighted by molar-refractivity contribution is 0.582. The predicted molar refractivity (Wildman–Crippen MR) is 87.0 cm³/mol. The molecule has 2 rings (SSSR count). The van der Waals surface area contributed by atoms with Crippen molar-refractivity contribution in [1.82, 2.24) is 10.0 Å². The van der Waals surface area contributed by atoms with Crippen LogP contribution in [0.15, 0.2) is 46.7 Å². The van der Waals surface area contributed by atoms with Gasteiger partial charge in [0.25, 0.3) is 0 Å². The van der Waals surface area contributed by atoms with E-state index in [4.69, 9.17) is 0 Å². The molecule has 2 aromatic rings. The van der Waals surface area contributed by atoms with Gasteiger partial charge >= 0.3 is 0 Å². The summed E-state index contributed by atoms with van der Waals surface area (Å²) in [5.41, 5.74) is 1.08. The molecule has 0 radical (unpaired) electrons. The first-order valence-corrected chi connectivity index (χ1v) is 9.30. The Balaban J connectivity index is 1.92. The molecule has 0 fully saturated rings. The predicted octanol–water partition coefficient (Wildman–Crippen LogP) is 2.38. The molecule has 1 aromatic carbocycles. The third-order valence-electron chi connectivity index (χ3n) is 3.06. The van der Waals surface area contributed by atoms with Gasteiger partial charge in [-0.25, -0.2) is 13.1 Å². The highest BCUT2D eigenvalue weighted by Gasteiger charge is 2.13. The lowest BCUT2D eigenvalue weighted by atomic mass is 10.2. The van der Waals surface area contributed by atoms with Crippen LogP contribution < -0.4 is 10.0 Å². The number of thiophene rings is 1. The van der Waals surface area contributed by atoms with Crippen molar-refractivity contribution in [2.24, 2.45) is 0 Å². The molecular weight excluding hydrogens is 304 g/mol. The maximum atomic E-state index is 12.2. The summed E-state index contributed by atoms with van der Waals surface area (Å²) in [5, 5.41) is 5.20. The minimum Gasteiger partial charge on any atom is -0.313 e. The van der Waals surface area contributed by atoms with Gasteiger partial charge in [0.1, 0.15) is 0 Å². The zero-order chi connectivity index (χ0) is 15.1. The highest BCUT2D eigenvalue weighted by atomic mass is 32.2. The molecular formula is C15H20N2O2S2. The van der Waals surface area contributed by atoms with E-state index >= 15 is 0 Å². The van der Waals surface area contributed by atoms with Crippen LogP contribution in [-0.2, 0) is 23.0 Å². The fourth-order valence-electron chi connectivity index (χ4n) is 1.90. The number of nitrogens with one attached hydrogen (secondary N) is 2. The van der Waals surface area contributed by atoms with E-state index in [9.17, 15) is 8.42 Å². The Labute approximate surface area is 130 Å². The Kier molecular flexibility index (Phi) is 5.93. The third kappa shape index (κ3) is 4.93. The van der Waals surface area contributed by atoms with E-state index in [0.717, 1.165) is 25.1 Å². The van der Waals surface area contributed by atoms with Gasteiger partial charge < -0.3 is 5.32 Å². The summed E-state index contributed by atoms with van der Waals surface area (Å²) in [7, 11) is -3.42. The van der Waals surface area contributed by atoms with Crippen LogP contribution in [-0.4, -0.2) is 21.5 Å². The maximum Gasteiger partial charge on any atom is 0.240 e. The van der Waals surface area contributed by atoms with Gasteiger partial charge in [0, 0.05) is 18.0 Å². The fraction of sp³-hybridized carbons (Fsp3) is 0.333. The number of rotatable bonds is 8. The molecule has 0 unspecified atom stereocenters. The Hall–Kier alpha value is -1.21. The van der Waals surface area contributed by atoms with Gasteiger partial charge in [0.05, 0.1) is 4.90 Å². The molecule has 0 saturated heterocycles. The summed E-state index contributed by atoms with van der Waals surface area (Å²) in [6.45, 7) is 4.10. The van der Waals surface area contributed by atoms with Crippen LogP contribution in [0.2, 0.25) is 0 Å². The van der Waals surface area contributed by atoms with E-state index in [-0.39, 0.29) is 0 Å². The van der Waals surface area contributed by atoms with E-state index in [1.807, 2.05) is 36.6 Å². The van der Waals surface area contributed by atoms with E-state index in [2.05, 4.69) is 10.0 Å². The highest BCUT2D eigenvalue weighted by molar-refractivity contribution is 7.89. The Morgan fingerprint density at radius 2 is 1.90 bits per heavy atom. The average molecular weight is 324 g/mol. The topological polar surface area (TPSA) is 58.2 Å². The summed E-state index contributed by atoms with van der Waals surface area (Å²) in [6, 6.07) is 11.0. The van der Waals surface area contributed by atoms with Gasteiger partial charge in [-0.2, -0.15) is 0 Å². The molecule has 114 valence electrons. The van der Waals surface area contributed by atoms with Crippen molar-refractivity contribution in [2.45, 2.75) is 24.8 Å². The molecule has 0 atom stereocenters. The van der Waals surface area contributed by atoms with E-state index < -0.39 is 10.0 Å². The molecule has 1 heterocycles.